The molecular formula is C14H12N2O. The Labute approximate surface area is 99.6 Å². The van der Waals surface area contributed by atoms with Gasteiger partial charge in [0.15, 0.2) is 5.78 Å². The molecule has 0 atom stereocenters. The predicted molar refractivity (Wildman–Crippen MR) is 68.5 cm³/mol. The van der Waals surface area contributed by atoms with Crippen molar-refractivity contribution in [3.8, 4) is 0 Å². The number of hydrogen-bond donors (Lipinski definition) is 1. The molecule has 1 aromatic heterocycles. The lowest BCUT2D eigenvalue weighted by Gasteiger charge is -1.95. The van der Waals surface area contributed by atoms with Crippen LogP contribution in [0, 0.1) is 0 Å². The summed E-state index contributed by atoms with van der Waals surface area (Å²) in [6.07, 6.45) is 6.48. The predicted octanol–water partition coefficient (Wildman–Crippen LogP) is 2.56. The molecule has 17 heavy (non-hydrogen) atoms. The monoisotopic (exact) mass is 224 g/mol. The van der Waals surface area contributed by atoms with Crippen LogP contribution < -0.4 is 5.73 Å². The number of pyridine rings is 1. The van der Waals surface area contributed by atoms with E-state index >= 15 is 0 Å². The molecule has 0 aliphatic heterocycles. The number of rotatable bonds is 3. The summed E-state index contributed by atoms with van der Waals surface area (Å²) in [5.74, 6) is -0.0603. The van der Waals surface area contributed by atoms with Gasteiger partial charge in [0.05, 0.1) is 0 Å². The summed E-state index contributed by atoms with van der Waals surface area (Å²) < 4.78 is 0. The third kappa shape index (κ3) is 3.01. The van der Waals surface area contributed by atoms with Crippen LogP contribution in [-0.4, -0.2) is 10.8 Å². The van der Waals surface area contributed by atoms with Crippen molar-refractivity contribution in [2.45, 2.75) is 0 Å². The quantitative estimate of drug-likeness (QED) is 0.495. The van der Waals surface area contributed by atoms with Gasteiger partial charge in [-0.3, -0.25) is 9.78 Å². The number of allylic oxidation sites excluding steroid dienone is 1. The highest BCUT2D eigenvalue weighted by atomic mass is 16.1. The second-order valence-corrected chi connectivity index (χ2v) is 3.61. The van der Waals surface area contributed by atoms with Crippen LogP contribution in [0.4, 0.5) is 5.69 Å². The van der Waals surface area contributed by atoms with Crippen molar-refractivity contribution < 1.29 is 4.79 Å². The van der Waals surface area contributed by atoms with Gasteiger partial charge in [0.2, 0.25) is 0 Å². The molecular weight excluding hydrogens is 212 g/mol. The Balaban J connectivity index is 2.11. The van der Waals surface area contributed by atoms with Crippen molar-refractivity contribution >= 4 is 17.5 Å². The first-order chi connectivity index (χ1) is 8.25. The third-order valence-corrected chi connectivity index (χ3v) is 2.31. The highest BCUT2D eigenvalue weighted by Gasteiger charge is 1.99. The van der Waals surface area contributed by atoms with Crippen molar-refractivity contribution in [1.29, 1.82) is 0 Å². The number of benzene rings is 1. The molecule has 0 saturated heterocycles. The standard InChI is InChI=1S/C14H12N2O/c15-13-6-3-11(4-7-13)5-8-14(17)12-2-1-9-16-10-12/h1-10H,15H2/b8-5+. The summed E-state index contributed by atoms with van der Waals surface area (Å²) >= 11 is 0. The van der Waals surface area contributed by atoms with Crippen LogP contribution in [0.3, 0.4) is 0 Å². The highest BCUT2D eigenvalue weighted by Crippen LogP contribution is 2.08. The number of hydrogen-bond acceptors (Lipinski definition) is 3. The van der Waals surface area contributed by atoms with E-state index < -0.39 is 0 Å². The van der Waals surface area contributed by atoms with Crippen molar-refractivity contribution in [1.82, 2.24) is 4.98 Å². The van der Waals surface area contributed by atoms with Gasteiger partial charge >= 0.3 is 0 Å². The van der Waals surface area contributed by atoms with Crippen LogP contribution in [0.25, 0.3) is 6.08 Å². The summed E-state index contributed by atoms with van der Waals surface area (Å²) in [6, 6.07) is 10.8. The van der Waals surface area contributed by atoms with E-state index in [0.717, 1.165) is 5.56 Å². The maximum Gasteiger partial charge on any atom is 0.187 e. The van der Waals surface area contributed by atoms with Gasteiger partial charge in [0.25, 0.3) is 0 Å². The second kappa shape index (κ2) is 5.07. The molecule has 3 nitrogen and oxygen atoms in total. The van der Waals surface area contributed by atoms with Gasteiger partial charge in [-0.05, 0) is 35.9 Å². The molecule has 2 N–H and O–H groups in total. The maximum absolute atomic E-state index is 11.7. The summed E-state index contributed by atoms with van der Waals surface area (Å²) in [4.78, 5) is 15.6. The lowest BCUT2D eigenvalue weighted by atomic mass is 10.1. The minimum absolute atomic E-state index is 0.0603. The maximum atomic E-state index is 11.7. The average Bonchev–Trinajstić information content (AvgIpc) is 2.39. The van der Waals surface area contributed by atoms with Gasteiger partial charge in [-0.25, -0.2) is 0 Å². The third-order valence-electron chi connectivity index (χ3n) is 2.31. The SMILES string of the molecule is Nc1ccc(/C=C/C(=O)c2cccnc2)cc1. The van der Waals surface area contributed by atoms with E-state index in [1.807, 2.05) is 12.1 Å². The topological polar surface area (TPSA) is 56.0 Å². The Bertz CT molecular complexity index is 530. The molecule has 84 valence electrons. The minimum Gasteiger partial charge on any atom is -0.399 e. The molecule has 0 radical (unpaired) electrons. The van der Waals surface area contributed by atoms with Crippen LogP contribution in [-0.2, 0) is 0 Å². The molecule has 0 spiro atoms. The van der Waals surface area contributed by atoms with Gasteiger partial charge in [-0.1, -0.05) is 18.2 Å². The van der Waals surface area contributed by atoms with E-state index in [4.69, 9.17) is 5.73 Å². The fraction of sp³-hybridized carbons (Fsp3) is 0. The molecule has 2 rings (SSSR count). The number of anilines is 1. The van der Waals surface area contributed by atoms with E-state index in [0.29, 0.717) is 11.3 Å². The summed E-state index contributed by atoms with van der Waals surface area (Å²) in [7, 11) is 0. The van der Waals surface area contributed by atoms with E-state index in [1.54, 1.807) is 42.7 Å². The molecule has 1 heterocycles. The highest BCUT2D eigenvalue weighted by molar-refractivity contribution is 6.06. The minimum atomic E-state index is -0.0603. The van der Waals surface area contributed by atoms with E-state index in [1.165, 1.54) is 6.08 Å². The number of carbonyl (C=O) groups excluding carboxylic acids is 1. The molecule has 0 fully saturated rings. The van der Waals surface area contributed by atoms with Crippen LogP contribution in [0.1, 0.15) is 15.9 Å². The van der Waals surface area contributed by atoms with Crippen LogP contribution in [0.5, 0.6) is 0 Å². The average molecular weight is 224 g/mol. The van der Waals surface area contributed by atoms with Crippen molar-refractivity contribution in [2.75, 3.05) is 5.73 Å². The van der Waals surface area contributed by atoms with Gasteiger partial charge in [0.1, 0.15) is 0 Å². The first-order valence-corrected chi connectivity index (χ1v) is 5.24. The van der Waals surface area contributed by atoms with E-state index in [2.05, 4.69) is 4.98 Å². The van der Waals surface area contributed by atoms with Crippen molar-refractivity contribution in [3.05, 3.63) is 66.0 Å². The zero-order valence-corrected chi connectivity index (χ0v) is 9.21. The molecule has 0 aliphatic carbocycles. The number of carbonyl (C=O) groups is 1. The Hall–Kier alpha value is -2.42. The molecule has 2 aromatic rings. The Kier molecular flexibility index (Phi) is 3.31. The zero-order valence-electron chi connectivity index (χ0n) is 9.21. The lowest BCUT2D eigenvalue weighted by Crippen LogP contribution is -1.94. The zero-order chi connectivity index (χ0) is 12.1. The Morgan fingerprint density at radius 3 is 2.59 bits per heavy atom. The van der Waals surface area contributed by atoms with Gasteiger partial charge in [-0.2, -0.15) is 0 Å². The first kappa shape index (κ1) is 11.1. The van der Waals surface area contributed by atoms with Crippen molar-refractivity contribution in [2.24, 2.45) is 0 Å². The van der Waals surface area contributed by atoms with E-state index in [-0.39, 0.29) is 5.78 Å². The fourth-order valence-corrected chi connectivity index (χ4v) is 1.38. The van der Waals surface area contributed by atoms with E-state index in [9.17, 15) is 4.79 Å². The van der Waals surface area contributed by atoms with Gasteiger partial charge in [0, 0.05) is 23.6 Å². The molecule has 0 unspecified atom stereocenters. The van der Waals surface area contributed by atoms with Crippen LogP contribution in [0.15, 0.2) is 54.9 Å². The largest absolute Gasteiger partial charge is 0.399 e. The summed E-state index contributed by atoms with van der Waals surface area (Å²) in [5, 5.41) is 0. The fourth-order valence-electron chi connectivity index (χ4n) is 1.38. The number of nitrogens with zero attached hydrogens (tertiary/aromatic N) is 1. The molecule has 0 aliphatic rings. The molecule has 1 aromatic carbocycles. The first-order valence-electron chi connectivity index (χ1n) is 5.24. The summed E-state index contributed by atoms with van der Waals surface area (Å²) in [6.45, 7) is 0. The number of ketones is 1. The number of nitrogens with two attached hydrogens (primary N) is 1. The molecule has 3 heteroatoms. The Morgan fingerprint density at radius 1 is 1.18 bits per heavy atom. The normalized spacial score (nSPS) is 10.6. The van der Waals surface area contributed by atoms with Gasteiger partial charge < -0.3 is 5.73 Å². The molecule has 0 bridgehead atoms. The second-order valence-electron chi connectivity index (χ2n) is 3.61. The molecule has 0 amide bonds. The number of aromatic nitrogens is 1. The number of nitrogen functional groups attached to an aromatic ring is 1. The molecule has 0 saturated carbocycles. The van der Waals surface area contributed by atoms with Crippen LogP contribution >= 0.6 is 0 Å². The van der Waals surface area contributed by atoms with Crippen LogP contribution in [0.2, 0.25) is 0 Å². The lowest BCUT2D eigenvalue weighted by molar-refractivity contribution is 0.104. The smallest absolute Gasteiger partial charge is 0.187 e. The van der Waals surface area contributed by atoms with Gasteiger partial charge in [-0.15, -0.1) is 0 Å². The Morgan fingerprint density at radius 2 is 1.94 bits per heavy atom. The summed E-state index contributed by atoms with van der Waals surface area (Å²) in [5.41, 5.74) is 7.81. The van der Waals surface area contributed by atoms with Crippen molar-refractivity contribution in [3.63, 3.8) is 0 Å².